The van der Waals surface area contributed by atoms with Gasteiger partial charge in [-0.1, -0.05) is 11.6 Å². The van der Waals surface area contributed by atoms with E-state index in [0.717, 1.165) is 0 Å². The third kappa shape index (κ3) is 5.08. The minimum atomic E-state index is -0.634. The Morgan fingerprint density at radius 2 is 1.93 bits per heavy atom. The molecule has 27 heavy (non-hydrogen) atoms. The van der Waals surface area contributed by atoms with E-state index in [2.05, 4.69) is 10.1 Å². The summed E-state index contributed by atoms with van der Waals surface area (Å²) in [7, 11) is 2.51. The molecule has 0 aliphatic carbocycles. The van der Waals surface area contributed by atoms with E-state index in [1.807, 2.05) is 0 Å². The Kier molecular flexibility index (Phi) is 6.56. The number of nitrogens with zero attached hydrogens (tertiary/aromatic N) is 1. The molecule has 1 N–H and O–H groups in total. The highest BCUT2D eigenvalue weighted by atomic mass is 35.5. The Balaban J connectivity index is 2.03. The zero-order chi connectivity index (χ0) is 20.0. The van der Waals surface area contributed by atoms with Crippen molar-refractivity contribution in [1.29, 1.82) is 0 Å². The number of methoxy groups -OCH3 is 2. The lowest BCUT2D eigenvalue weighted by Crippen LogP contribution is -2.20. The highest BCUT2D eigenvalue weighted by Gasteiger charge is 2.16. The first-order chi connectivity index (χ1) is 12.8. The molecule has 0 aliphatic heterocycles. The van der Waals surface area contributed by atoms with E-state index in [1.165, 1.54) is 50.6 Å². The number of nitro benzene ring substituents is 1. The van der Waals surface area contributed by atoms with Gasteiger partial charge in [0, 0.05) is 17.8 Å². The second-order valence-corrected chi connectivity index (χ2v) is 5.52. The first-order valence-electron chi connectivity index (χ1n) is 7.48. The molecule has 0 atom stereocenters. The van der Waals surface area contributed by atoms with Crippen LogP contribution >= 0.6 is 11.6 Å². The summed E-state index contributed by atoms with van der Waals surface area (Å²) in [6, 6.07) is 8.22. The monoisotopic (exact) mass is 394 g/mol. The molecule has 2 aromatic carbocycles. The van der Waals surface area contributed by atoms with Gasteiger partial charge in [-0.15, -0.1) is 0 Å². The van der Waals surface area contributed by atoms with Gasteiger partial charge >= 0.3 is 11.7 Å². The predicted octanol–water partition coefficient (Wildman–Crippen LogP) is 3.06. The Morgan fingerprint density at radius 1 is 1.19 bits per heavy atom. The number of rotatable bonds is 7. The van der Waals surface area contributed by atoms with Crippen LogP contribution in [0.25, 0.3) is 0 Å². The molecule has 0 saturated heterocycles. The lowest BCUT2D eigenvalue weighted by atomic mass is 10.2. The number of carbonyl (C=O) groups is 2. The van der Waals surface area contributed by atoms with Gasteiger partial charge in [-0.25, -0.2) is 4.79 Å². The molecule has 0 heterocycles. The summed E-state index contributed by atoms with van der Waals surface area (Å²) in [4.78, 5) is 33.9. The number of benzene rings is 2. The molecule has 0 bridgehead atoms. The Bertz CT molecular complexity index is 886. The van der Waals surface area contributed by atoms with Crippen molar-refractivity contribution in [2.24, 2.45) is 0 Å². The van der Waals surface area contributed by atoms with Gasteiger partial charge in [0.15, 0.2) is 6.61 Å². The fourth-order valence-corrected chi connectivity index (χ4v) is 2.31. The number of hydrogen-bond donors (Lipinski definition) is 1. The van der Waals surface area contributed by atoms with Crippen LogP contribution in [0.5, 0.6) is 11.5 Å². The summed E-state index contributed by atoms with van der Waals surface area (Å²) in [5, 5.41) is 13.6. The van der Waals surface area contributed by atoms with Crippen molar-refractivity contribution in [2.45, 2.75) is 0 Å². The van der Waals surface area contributed by atoms with E-state index >= 15 is 0 Å². The smallest absolute Gasteiger partial charge is 0.339 e. The average Bonchev–Trinajstić information content (AvgIpc) is 2.66. The van der Waals surface area contributed by atoms with Gasteiger partial charge in [-0.2, -0.15) is 0 Å². The molecular formula is C17H15ClN2O7. The summed E-state index contributed by atoms with van der Waals surface area (Å²) in [6.07, 6.45) is 0. The number of nitro groups is 1. The van der Waals surface area contributed by atoms with Crippen molar-refractivity contribution in [3.8, 4) is 11.5 Å². The molecule has 0 aromatic heterocycles. The van der Waals surface area contributed by atoms with Gasteiger partial charge < -0.3 is 19.5 Å². The Hall–Kier alpha value is -3.33. The maximum atomic E-state index is 12.0. The number of halogens is 1. The second kappa shape index (κ2) is 8.86. The molecule has 0 aliphatic rings. The van der Waals surface area contributed by atoms with Crippen molar-refractivity contribution in [3.63, 3.8) is 0 Å². The number of amides is 1. The maximum absolute atomic E-state index is 12.0. The maximum Gasteiger partial charge on any atom is 0.339 e. The topological polar surface area (TPSA) is 117 Å². The molecule has 0 saturated carbocycles. The molecule has 2 aromatic rings. The van der Waals surface area contributed by atoms with Crippen LogP contribution in [0.2, 0.25) is 5.02 Å². The molecule has 1 amide bonds. The van der Waals surface area contributed by atoms with Crippen LogP contribution in [0.3, 0.4) is 0 Å². The lowest BCUT2D eigenvalue weighted by molar-refractivity contribution is -0.385. The SMILES string of the molecule is COC(=O)c1cc(NC(=O)COc2ccc([N+](=O)[O-])c(OC)c2)ccc1Cl. The third-order valence-electron chi connectivity index (χ3n) is 3.37. The minimum Gasteiger partial charge on any atom is -0.490 e. The highest BCUT2D eigenvalue weighted by Crippen LogP contribution is 2.30. The van der Waals surface area contributed by atoms with Gasteiger partial charge in [0.05, 0.1) is 29.7 Å². The van der Waals surface area contributed by atoms with Crippen LogP contribution in [-0.4, -0.2) is 37.6 Å². The van der Waals surface area contributed by atoms with Crippen molar-refractivity contribution < 1.29 is 28.7 Å². The van der Waals surface area contributed by atoms with E-state index in [0.29, 0.717) is 5.69 Å². The fourth-order valence-electron chi connectivity index (χ4n) is 2.11. The number of anilines is 1. The molecular weight excluding hydrogens is 380 g/mol. The van der Waals surface area contributed by atoms with Crippen molar-refractivity contribution in [3.05, 3.63) is 57.1 Å². The normalized spacial score (nSPS) is 10.0. The largest absolute Gasteiger partial charge is 0.490 e. The van der Waals surface area contributed by atoms with Crippen LogP contribution in [-0.2, 0) is 9.53 Å². The van der Waals surface area contributed by atoms with Crippen LogP contribution in [0.1, 0.15) is 10.4 Å². The number of esters is 1. The number of nitrogens with one attached hydrogen (secondary N) is 1. The van der Waals surface area contributed by atoms with Gasteiger partial charge in [0.2, 0.25) is 5.75 Å². The fraction of sp³-hybridized carbons (Fsp3) is 0.176. The zero-order valence-corrected chi connectivity index (χ0v) is 15.1. The quantitative estimate of drug-likeness (QED) is 0.435. The standard InChI is InChI=1S/C17H15ClN2O7/c1-25-15-8-11(4-6-14(15)20(23)24)27-9-16(21)19-10-3-5-13(18)12(7-10)17(22)26-2/h3-8H,9H2,1-2H3,(H,19,21). The van der Waals surface area contributed by atoms with E-state index in [4.69, 9.17) is 21.1 Å². The van der Waals surface area contributed by atoms with E-state index in [1.54, 1.807) is 0 Å². The summed E-state index contributed by atoms with van der Waals surface area (Å²) in [5.41, 5.74) is 0.221. The molecule has 0 unspecified atom stereocenters. The number of carbonyl (C=O) groups excluding carboxylic acids is 2. The zero-order valence-electron chi connectivity index (χ0n) is 14.4. The summed E-state index contributed by atoms with van der Waals surface area (Å²) >= 11 is 5.91. The van der Waals surface area contributed by atoms with Crippen LogP contribution in [0, 0.1) is 10.1 Å². The van der Waals surface area contributed by atoms with Gasteiger partial charge in [0.25, 0.3) is 5.91 Å². The second-order valence-electron chi connectivity index (χ2n) is 5.11. The molecule has 2 rings (SSSR count). The summed E-state index contributed by atoms with van der Waals surface area (Å²) < 4.78 is 14.8. The minimum absolute atomic E-state index is 0.0123. The van der Waals surface area contributed by atoms with Crippen LogP contribution in [0.15, 0.2) is 36.4 Å². The van der Waals surface area contributed by atoms with Crippen molar-refractivity contribution in [2.75, 3.05) is 26.1 Å². The first-order valence-corrected chi connectivity index (χ1v) is 7.86. The van der Waals surface area contributed by atoms with E-state index in [9.17, 15) is 19.7 Å². The molecule has 0 spiro atoms. The van der Waals surface area contributed by atoms with E-state index in [-0.39, 0.29) is 34.4 Å². The molecule has 0 fully saturated rings. The Labute approximate surface area is 158 Å². The van der Waals surface area contributed by atoms with Crippen LogP contribution < -0.4 is 14.8 Å². The highest BCUT2D eigenvalue weighted by molar-refractivity contribution is 6.33. The summed E-state index contributed by atoms with van der Waals surface area (Å²) in [6.45, 7) is -0.364. The van der Waals surface area contributed by atoms with Gasteiger partial charge in [-0.3, -0.25) is 14.9 Å². The first kappa shape index (κ1) is 20.0. The van der Waals surface area contributed by atoms with E-state index < -0.39 is 16.8 Å². The molecule has 142 valence electrons. The van der Waals surface area contributed by atoms with Crippen molar-refractivity contribution in [1.82, 2.24) is 0 Å². The van der Waals surface area contributed by atoms with Crippen LogP contribution in [0.4, 0.5) is 11.4 Å². The van der Waals surface area contributed by atoms with Gasteiger partial charge in [-0.05, 0) is 24.3 Å². The number of hydrogen-bond acceptors (Lipinski definition) is 7. The molecule has 0 radical (unpaired) electrons. The predicted molar refractivity (Wildman–Crippen MR) is 96.6 cm³/mol. The third-order valence-corrected chi connectivity index (χ3v) is 3.70. The lowest BCUT2D eigenvalue weighted by Gasteiger charge is -2.10. The number of ether oxygens (including phenoxy) is 3. The average molecular weight is 395 g/mol. The summed E-state index contributed by atoms with van der Waals surface area (Å²) in [5.74, 6) is -0.909. The van der Waals surface area contributed by atoms with Crippen molar-refractivity contribution >= 4 is 34.9 Å². The Morgan fingerprint density at radius 3 is 2.56 bits per heavy atom. The van der Waals surface area contributed by atoms with Gasteiger partial charge in [0.1, 0.15) is 5.75 Å². The molecule has 10 heteroatoms. The molecule has 9 nitrogen and oxygen atoms in total.